The Balaban J connectivity index is 2.55. The third-order valence-corrected chi connectivity index (χ3v) is 3.07. The molecule has 3 N–H and O–H groups in total. The number of nitrogens with zero attached hydrogens (tertiary/aromatic N) is 1. The number of hydrogen-bond acceptors (Lipinski definition) is 3. The van der Waals surface area contributed by atoms with Crippen LogP contribution in [0.1, 0.15) is 31.0 Å². The molecule has 5 nitrogen and oxygen atoms in total. The summed E-state index contributed by atoms with van der Waals surface area (Å²) in [6.07, 6.45) is 0.341. The number of phenols is 1. The van der Waals surface area contributed by atoms with E-state index in [1.165, 1.54) is 16.8 Å². The number of hydrogen-bond donors (Lipinski definition) is 3. The molecule has 0 saturated carbocycles. The van der Waals surface area contributed by atoms with Crippen molar-refractivity contribution in [2.75, 3.05) is 6.61 Å². The molecule has 0 unspecified atom stereocenters. The van der Waals surface area contributed by atoms with Gasteiger partial charge in [0.05, 0.1) is 5.69 Å². The molecule has 0 saturated heterocycles. The highest BCUT2D eigenvalue weighted by atomic mass is 16.3. The topological polar surface area (TPSA) is 78.2 Å². The van der Waals surface area contributed by atoms with Gasteiger partial charge in [0.15, 0.2) is 0 Å². The van der Waals surface area contributed by atoms with Crippen LogP contribution in [0.25, 0.3) is 5.69 Å². The Bertz CT molecular complexity index is 609. The van der Waals surface area contributed by atoms with Gasteiger partial charge in [-0.05, 0) is 30.2 Å². The highest BCUT2D eigenvalue weighted by molar-refractivity contribution is 5.37. The van der Waals surface area contributed by atoms with E-state index in [4.69, 9.17) is 5.11 Å². The van der Waals surface area contributed by atoms with Crippen LogP contribution in [0.2, 0.25) is 0 Å². The first-order valence-electron chi connectivity index (χ1n) is 6.28. The lowest BCUT2D eigenvalue weighted by atomic mass is 10.0. The normalized spacial score (nSPS) is 11.2. The smallest absolute Gasteiger partial charge is 0.274 e. The summed E-state index contributed by atoms with van der Waals surface area (Å²) in [6.45, 7) is 3.93. The van der Waals surface area contributed by atoms with Gasteiger partial charge in [0.2, 0.25) is 0 Å². The number of nitrogens with one attached hydrogen (secondary N) is 1. The van der Waals surface area contributed by atoms with Crippen LogP contribution in [0, 0.1) is 0 Å². The van der Waals surface area contributed by atoms with E-state index in [1.54, 1.807) is 12.1 Å². The number of aromatic hydroxyl groups is 1. The first-order valence-corrected chi connectivity index (χ1v) is 6.28. The van der Waals surface area contributed by atoms with Crippen molar-refractivity contribution in [2.24, 2.45) is 0 Å². The van der Waals surface area contributed by atoms with E-state index in [1.807, 2.05) is 13.8 Å². The van der Waals surface area contributed by atoms with Crippen LogP contribution in [-0.2, 0) is 6.42 Å². The zero-order valence-electron chi connectivity index (χ0n) is 11.1. The molecule has 102 valence electrons. The molecule has 0 aliphatic carbocycles. The number of phenolic OH excluding ortho intramolecular Hbond substituents is 1. The Labute approximate surface area is 111 Å². The number of H-pyrrole nitrogens is 1. The minimum absolute atomic E-state index is 0.0532. The van der Waals surface area contributed by atoms with E-state index in [-0.39, 0.29) is 23.8 Å². The van der Waals surface area contributed by atoms with Crippen LogP contribution in [0.4, 0.5) is 0 Å². The van der Waals surface area contributed by atoms with Crippen molar-refractivity contribution in [3.63, 3.8) is 0 Å². The molecule has 0 aliphatic heterocycles. The van der Waals surface area contributed by atoms with Crippen molar-refractivity contribution in [1.82, 2.24) is 9.78 Å². The van der Waals surface area contributed by atoms with Crippen molar-refractivity contribution < 1.29 is 10.2 Å². The summed E-state index contributed by atoms with van der Waals surface area (Å²) in [5.74, 6) is 0.329. The van der Waals surface area contributed by atoms with Crippen molar-refractivity contribution in [3.05, 3.63) is 45.9 Å². The Hall–Kier alpha value is -2.01. The van der Waals surface area contributed by atoms with E-state index in [0.717, 1.165) is 5.69 Å². The predicted octanol–water partition coefficient (Wildman–Crippen LogP) is 1.53. The van der Waals surface area contributed by atoms with Gasteiger partial charge >= 0.3 is 0 Å². The summed E-state index contributed by atoms with van der Waals surface area (Å²) in [7, 11) is 0. The summed E-state index contributed by atoms with van der Waals surface area (Å²) >= 11 is 0. The van der Waals surface area contributed by atoms with Crippen LogP contribution < -0.4 is 5.56 Å². The third-order valence-electron chi connectivity index (χ3n) is 3.07. The van der Waals surface area contributed by atoms with Gasteiger partial charge < -0.3 is 10.2 Å². The number of aromatic nitrogens is 2. The Morgan fingerprint density at radius 1 is 1.26 bits per heavy atom. The van der Waals surface area contributed by atoms with Crippen molar-refractivity contribution in [2.45, 2.75) is 26.2 Å². The molecule has 0 aliphatic rings. The van der Waals surface area contributed by atoms with Gasteiger partial charge in [0.25, 0.3) is 5.56 Å². The number of aliphatic hydroxyl groups excluding tert-OH is 1. The van der Waals surface area contributed by atoms with Crippen LogP contribution in [0.5, 0.6) is 5.75 Å². The molecular weight excluding hydrogens is 244 g/mol. The van der Waals surface area contributed by atoms with E-state index in [0.29, 0.717) is 17.7 Å². The summed E-state index contributed by atoms with van der Waals surface area (Å²) < 4.78 is 1.44. The van der Waals surface area contributed by atoms with Crippen LogP contribution in [-0.4, -0.2) is 26.6 Å². The van der Waals surface area contributed by atoms with Gasteiger partial charge in [-0.15, -0.1) is 0 Å². The SMILES string of the molecule is CC(C)c1[nH]n(-c2ccc(O)cc2)c(=O)c1CCO. The zero-order valence-corrected chi connectivity index (χ0v) is 11.1. The summed E-state index contributed by atoms with van der Waals surface area (Å²) in [5.41, 5.74) is 1.97. The third kappa shape index (κ3) is 2.56. The fraction of sp³-hybridized carbons (Fsp3) is 0.357. The zero-order chi connectivity index (χ0) is 14.0. The largest absolute Gasteiger partial charge is 0.508 e. The number of rotatable bonds is 4. The molecule has 0 radical (unpaired) electrons. The highest BCUT2D eigenvalue weighted by Gasteiger charge is 2.16. The molecular formula is C14H18N2O3. The molecule has 0 fully saturated rings. The minimum atomic E-state index is -0.150. The average Bonchev–Trinajstić information content (AvgIpc) is 2.69. The number of benzene rings is 1. The second-order valence-electron chi connectivity index (χ2n) is 4.79. The first kappa shape index (κ1) is 13.4. The molecule has 2 aromatic rings. The van der Waals surface area contributed by atoms with Crippen LogP contribution >= 0.6 is 0 Å². The molecule has 1 aromatic carbocycles. The van der Waals surface area contributed by atoms with Gasteiger partial charge in [0, 0.05) is 24.3 Å². The lowest BCUT2D eigenvalue weighted by molar-refractivity contribution is 0.299. The van der Waals surface area contributed by atoms with Crippen molar-refractivity contribution in [3.8, 4) is 11.4 Å². The van der Waals surface area contributed by atoms with Gasteiger partial charge in [-0.2, -0.15) is 0 Å². The molecule has 0 atom stereocenters. The van der Waals surface area contributed by atoms with Gasteiger partial charge in [-0.3, -0.25) is 9.89 Å². The maximum absolute atomic E-state index is 12.3. The van der Waals surface area contributed by atoms with Gasteiger partial charge in [-0.25, -0.2) is 4.68 Å². The van der Waals surface area contributed by atoms with Crippen molar-refractivity contribution in [1.29, 1.82) is 0 Å². The number of aliphatic hydroxyl groups is 1. The average molecular weight is 262 g/mol. The monoisotopic (exact) mass is 262 g/mol. The molecule has 1 heterocycles. The maximum atomic E-state index is 12.3. The second-order valence-corrected chi connectivity index (χ2v) is 4.79. The van der Waals surface area contributed by atoms with Crippen molar-refractivity contribution >= 4 is 0 Å². The lowest BCUT2D eigenvalue weighted by Gasteiger charge is -2.04. The quantitative estimate of drug-likeness (QED) is 0.782. The Morgan fingerprint density at radius 2 is 1.89 bits per heavy atom. The Kier molecular flexibility index (Phi) is 3.76. The number of aromatic amines is 1. The molecule has 0 spiro atoms. The first-order chi connectivity index (χ1) is 9.04. The minimum Gasteiger partial charge on any atom is -0.508 e. The lowest BCUT2D eigenvalue weighted by Crippen LogP contribution is -2.18. The van der Waals surface area contributed by atoms with Gasteiger partial charge in [-0.1, -0.05) is 13.8 Å². The fourth-order valence-corrected chi connectivity index (χ4v) is 2.10. The maximum Gasteiger partial charge on any atom is 0.274 e. The standard InChI is InChI=1S/C14H18N2O3/c1-9(2)13-12(7-8-17)14(19)16(15-13)10-3-5-11(18)6-4-10/h3-6,9,15,17-18H,7-8H2,1-2H3. The molecule has 0 bridgehead atoms. The predicted molar refractivity (Wildman–Crippen MR) is 72.9 cm³/mol. The molecule has 2 rings (SSSR count). The van der Waals surface area contributed by atoms with Gasteiger partial charge in [0.1, 0.15) is 5.75 Å². The summed E-state index contributed by atoms with van der Waals surface area (Å²) in [4.78, 5) is 12.3. The summed E-state index contributed by atoms with van der Waals surface area (Å²) in [5, 5.41) is 21.4. The van der Waals surface area contributed by atoms with Crippen LogP contribution in [0.3, 0.4) is 0 Å². The molecule has 0 amide bonds. The Morgan fingerprint density at radius 3 is 2.42 bits per heavy atom. The molecule has 1 aromatic heterocycles. The van der Waals surface area contributed by atoms with E-state index in [9.17, 15) is 9.90 Å². The van der Waals surface area contributed by atoms with E-state index in [2.05, 4.69) is 5.10 Å². The summed E-state index contributed by atoms with van der Waals surface area (Å²) in [6, 6.07) is 6.40. The van der Waals surface area contributed by atoms with E-state index >= 15 is 0 Å². The molecule has 5 heteroatoms. The fourth-order valence-electron chi connectivity index (χ4n) is 2.10. The molecule has 19 heavy (non-hydrogen) atoms. The highest BCUT2D eigenvalue weighted by Crippen LogP contribution is 2.18. The second kappa shape index (κ2) is 5.32. The van der Waals surface area contributed by atoms with Crippen LogP contribution in [0.15, 0.2) is 29.1 Å². The van der Waals surface area contributed by atoms with E-state index < -0.39 is 0 Å².